The number of halogens is 1. The summed E-state index contributed by atoms with van der Waals surface area (Å²) in [5, 5.41) is 3.30. The lowest BCUT2D eigenvalue weighted by atomic mass is 10.0. The van der Waals surface area contributed by atoms with Crippen LogP contribution in [0.4, 0.5) is 10.1 Å². The predicted octanol–water partition coefficient (Wildman–Crippen LogP) is 2.94. The van der Waals surface area contributed by atoms with Gasteiger partial charge in [0.1, 0.15) is 5.82 Å². The largest absolute Gasteiger partial charge is 0.381 e. The van der Waals surface area contributed by atoms with Crippen LogP contribution in [0.5, 0.6) is 0 Å². The molecule has 0 saturated carbocycles. The van der Waals surface area contributed by atoms with Crippen LogP contribution in [0.3, 0.4) is 0 Å². The third kappa shape index (κ3) is 3.70. The third-order valence-electron chi connectivity index (χ3n) is 3.94. The van der Waals surface area contributed by atoms with E-state index in [1.807, 2.05) is 6.07 Å². The van der Waals surface area contributed by atoms with Gasteiger partial charge in [-0.05, 0) is 37.9 Å². The molecule has 1 fully saturated rings. The maximum Gasteiger partial charge on any atom is 0.129 e. The van der Waals surface area contributed by atoms with Crippen molar-refractivity contribution in [3.05, 3.63) is 29.6 Å². The molecule has 112 valence electrons. The number of rotatable bonds is 6. The van der Waals surface area contributed by atoms with Gasteiger partial charge in [0.05, 0.1) is 0 Å². The smallest absolute Gasteiger partial charge is 0.129 e. The molecule has 20 heavy (non-hydrogen) atoms. The van der Waals surface area contributed by atoms with Gasteiger partial charge < -0.3 is 15.0 Å². The Morgan fingerprint density at radius 2 is 2.10 bits per heavy atom. The Morgan fingerprint density at radius 1 is 1.35 bits per heavy atom. The minimum Gasteiger partial charge on any atom is -0.381 e. The van der Waals surface area contributed by atoms with Crippen LogP contribution < -0.4 is 10.2 Å². The minimum absolute atomic E-state index is 0.120. The lowest BCUT2D eigenvalue weighted by Gasteiger charge is -2.34. The van der Waals surface area contributed by atoms with Gasteiger partial charge in [0.15, 0.2) is 0 Å². The molecular weight excluding hydrogens is 255 g/mol. The van der Waals surface area contributed by atoms with Crippen molar-refractivity contribution >= 4 is 5.69 Å². The van der Waals surface area contributed by atoms with Crippen molar-refractivity contribution in [3.8, 4) is 0 Å². The number of hydrogen-bond acceptors (Lipinski definition) is 3. The number of hydrogen-bond donors (Lipinski definition) is 1. The Kier molecular flexibility index (Phi) is 5.80. The molecule has 1 aromatic carbocycles. The normalized spacial score (nSPS) is 16.4. The average molecular weight is 280 g/mol. The van der Waals surface area contributed by atoms with Crippen molar-refractivity contribution in [1.29, 1.82) is 0 Å². The predicted molar refractivity (Wildman–Crippen MR) is 80.6 cm³/mol. The van der Waals surface area contributed by atoms with Gasteiger partial charge in [-0.2, -0.15) is 0 Å². The van der Waals surface area contributed by atoms with E-state index in [0.29, 0.717) is 12.6 Å². The molecule has 0 unspecified atom stereocenters. The van der Waals surface area contributed by atoms with Crippen molar-refractivity contribution in [2.75, 3.05) is 31.7 Å². The first-order chi connectivity index (χ1) is 9.74. The Hall–Kier alpha value is -1.13. The van der Waals surface area contributed by atoms with Crippen LogP contribution in [0, 0.1) is 5.82 Å². The van der Waals surface area contributed by atoms with E-state index >= 15 is 0 Å². The fourth-order valence-corrected chi connectivity index (χ4v) is 2.71. The quantitative estimate of drug-likeness (QED) is 0.811. The summed E-state index contributed by atoms with van der Waals surface area (Å²) in [5.41, 5.74) is 1.77. The number of anilines is 1. The Bertz CT molecular complexity index is 419. The molecule has 0 amide bonds. The SMILES string of the molecule is CCCNCc1c(F)cccc1N(C)C1CCOCC1. The monoisotopic (exact) mass is 280 g/mol. The molecule has 0 bridgehead atoms. The number of nitrogens with one attached hydrogen (secondary N) is 1. The highest BCUT2D eigenvalue weighted by Gasteiger charge is 2.21. The van der Waals surface area contributed by atoms with Gasteiger partial charge in [-0.25, -0.2) is 4.39 Å². The molecule has 0 atom stereocenters. The van der Waals surface area contributed by atoms with E-state index in [4.69, 9.17) is 4.74 Å². The second-order valence-electron chi connectivity index (χ2n) is 5.37. The molecule has 1 heterocycles. The van der Waals surface area contributed by atoms with E-state index in [9.17, 15) is 4.39 Å². The van der Waals surface area contributed by atoms with Gasteiger partial charge in [0, 0.05) is 44.1 Å². The molecule has 3 nitrogen and oxygen atoms in total. The van der Waals surface area contributed by atoms with Crippen molar-refractivity contribution in [2.24, 2.45) is 0 Å². The van der Waals surface area contributed by atoms with Gasteiger partial charge >= 0.3 is 0 Å². The number of nitrogens with zero attached hydrogens (tertiary/aromatic N) is 1. The van der Waals surface area contributed by atoms with Crippen LogP contribution in [0.1, 0.15) is 31.7 Å². The molecule has 1 saturated heterocycles. The molecule has 1 aliphatic heterocycles. The summed E-state index contributed by atoms with van der Waals surface area (Å²) in [6.07, 6.45) is 3.07. The summed E-state index contributed by atoms with van der Waals surface area (Å²) in [4.78, 5) is 2.22. The zero-order chi connectivity index (χ0) is 14.4. The molecule has 2 rings (SSSR count). The van der Waals surface area contributed by atoms with E-state index in [0.717, 1.165) is 50.3 Å². The van der Waals surface area contributed by atoms with Crippen molar-refractivity contribution in [3.63, 3.8) is 0 Å². The summed E-state index contributed by atoms with van der Waals surface area (Å²) >= 11 is 0. The molecular formula is C16H25FN2O. The average Bonchev–Trinajstić information content (AvgIpc) is 2.49. The lowest BCUT2D eigenvalue weighted by molar-refractivity contribution is 0.0854. The Balaban J connectivity index is 2.14. The first-order valence-electron chi connectivity index (χ1n) is 7.52. The summed E-state index contributed by atoms with van der Waals surface area (Å²) in [7, 11) is 2.06. The lowest BCUT2D eigenvalue weighted by Crippen LogP contribution is -2.37. The molecule has 0 aromatic heterocycles. The van der Waals surface area contributed by atoms with Crippen LogP contribution in [-0.2, 0) is 11.3 Å². The third-order valence-corrected chi connectivity index (χ3v) is 3.94. The highest BCUT2D eigenvalue weighted by atomic mass is 19.1. The van der Waals surface area contributed by atoms with Crippen LogP contribution >= 0.6 is 0 Å². The van der Waals surface area contributed by atoms with Crippen LogP contribution in [0.2, 0.25) is 0 Å². The van der Waals surface area contributed by atoms with Crippen molar-refractivity contribution in [1.82, 2.24) is 5.32 Å². The summed E-state index contributed by atoms with van der Waals surface area (Å²) in [5.74, 6) is -0.120. The van der Waals surface area contributed by atoms with Gasteiger partial charge in [-0.15, -0.1) is 0 Å². The fourth-order valence-electron chi connectivity index (χ4n) is 2.71. The van der Waals surface area contributed by atoms with Gasteiger partial charge in [-0.3, -0.25) is 0 Å². The molecule has 4 heteroatoms. The van der Waals surface area contributed by atoms with Gasteiger partial charge in [0.25, 0.3) is 0 Å². The van der Waals surface area contributed by atoms with Crippen LogP contribution in [0.15, 0.2) is 18.2 Å². The maximum atomic E-state index is 14.1. The van der Waals surface area contributed by atoms with Gasteiger partial charge in [-0.1, -0.05) is 13.0 Å². The molecule has 0 aliphatic carbocycles. The summed E-state index contributed by atoms with van der Waals surface area (Å²) in [6.45, 7) is 5.21. The highest BCUT2D eigenvalue weighted by molar-refractivity contribution is 5.54. The zero-order valence-electron chi connectivity index (χ0n) is 12.5. The van der Waals surface area contributed by atoms with E-state index < -0.39 is 0 Å². The number of benzene rings is 1. The molecule has 0 spiro atoms. The standard InChI is InChI=1S/C16H25FN2O/c1-3-9-18-12-14-15(17)5-4-6-16(14)19(2)13-7-10-20-11-8-13/h4-6,13,18H,3,7-12H2,1-2H3. The first-order valence-corrected chi connectivity index (χ1v) is 7.52. The molecule has 1 aliphatic rings. The van der Waals surface area contributed by atoms with Crippen LogP contribution in [0.25, 0.3) is 0 Å². The van der Waals surface area contributed by atoms with E-state index in [1.165, 1.54) is 0 Å². The fraction of sp³-hybridized carbons (Fsp3) is 0.625. The summed E-state index contributed by atoms with van der Waals surface area (Å²) in [6, 6.07) is 5.80. The molecule has 1 aromatic rings. The second kappa shape index (κ2) is 7.60. The van der Waals surface area contributed by atoms with Crippen molar-refractivity contribution < 1.29 is 9.13 Å². The second-order valence-corrected chi connectivity index (χ2v) is 5.37. The zero-order valence-corrected chi connectivity index (χ0v) is 12.5. The highest BCUT2D eigenvalue weighted by Crippen LogP contribution is 2.26. The molecule has 0 radical (unpaired) electrons. The number of ether oxygens (including phenoxy) is 1. The van der Waals surface area contributed by atoms with E-state index in [1.54, 1.807) is 12.1 Å². The van der Waals surface area contributed by atoms with E-state index in [2.05, 4.69) is 24.2 Å². The Labute approximate surface area is 121 Å². The Morgan fingerprint density at radius 3 is 2.80 bits per heavy atom. The van der Waals surface area contributed by atoms with E-state index in [-0.39, 0.29) is 5.82 Å². The van der Waals surface area contributed by atoms with Crippen LogP contribution in [-0.4, -0.2) is 32.8 Å². The first kappa shape index (κ1) is 15.3. The summed E-state index contributed by atoms with van der Waals surface area (Å²) < 4.78 is 19.5. The maximum absolute atomic E-state index is 14.1. The molecule has 1 N–H and O–H groups in total. The van der Waals surface area contributed by atoms with Gasteiger partial charge in [0.2, 0.25) is 0 Å². The topological polar surface area (TPSA) is 24.5 Å². The minimum atomic E-state index is -0.120. The van der Waals surface area contributed by atoms with Crippen molar-refractivity contribution in [2.45, 2.75) is 38.8 Å².